The zero-order valence-electron chi connectivity index (χ0n) is 12.6. The molecule has 0 fully saturated rings. The SMILES string of the molecule is CC(=O)NC1C(C)C=C(C(=O)O)OC1C(OC(N)=O)C(O)CO. The molecule has 0 saturated heterocycles. The molecule has 5 unspecified atom stereocenters. The van der Waals surface area contributed by atoms with E-state index >= 15 is 0 Å². The van der Waals surface area contributed by atoms with Crippen LogP contribution in [0.3, 0.4) is 0 Å². The summed E-state index contributed by atoms with van der Waals surface area (Å²) < 4.78 is 10.0. The first-order chi connectivity index (χ1) is 10.7. The third-order valence-corrected chi connectivity index (χ3v) is 3.32. The van der Waals surface area contributed by atoms with Gasteiger partial charge >= 0.3 is 12.1 Å². The number of aliphatic hydroxyl groups excluding tert-OH is 2. The van der Waals surface area contributed by atoms with Gasteiger partial charge in [-0.25, -0.2) is 9.59 Å². The zero-order chi connectivity index (χ0) is 17.7. The molecule has 1 rings (SSSR count). The van der Waals surface area contributed by atoms with Crippen molar-refractivity contribution in [2.45, 2.75) is 38.2 Å². The van der Waals surface area contributed by atoms with E-state index in [0.29, 0.717) is 0 Å². The Morgan fingerprint density at radius 3 is 2.52 bits per heavy atom. The number of carbonyl (C=O) groups excluding carboxylic acids is 2. The highest BCUT2D eigenvalue weighted by Gasteiger charge is 2.44. The molecular formula is C13H20N2O8. The largest absolute Gasteiger partial charge is 0.477 e. The highest BCUT2D eigenvalue weighted by atomic mass is 16.6. The van der Waals surface area contributed by atoms with E-state index in [1.807, 2.05) is 0 Å². The van der Waals surface area contributed by atoms with Crippen LogP contribution in [0, 0.1) is 5.92 Å². The van der Waals surface area contributed by atoms with Crippen molar-refractivity contribution < 1.29 is 39.2 Å². The lowest BCUT2D eigenvalue weighted by molar-refractivity contribution is -0.146. The van der Waals surface area contributed by atoms with Crippen LogP contribution in [0.25, 0.3) is 0 Å². The standard InChI is InChI=1S/C13H20N2O8/c1-5-3-8(12(19)20)22-11(9(5)15-6(2)17)10(7(18)4-16)23-13(14)21/h3,5,7,9-11,16,18H,4H2,1-2H3,(H2,14,21)(H,15,17)(H,19,20). The molecule has 0 aliphatic carbocycles. The number of nitrogens with one attached hydrogen (secondary N) is 1. The fraction of sp³-hybridized carbons (Fsp3) is 0.615. The number of nitrogens with two attached hydrogens (primary N) is 1. The minimum absolute atomic E-state index is 0.424. The second-order valence-electron chi connectivity index (χ2n) is 5.16. The van der Waals surface area contributed by atoms with E-state index in [0.717, 1.165) is 0 Å². The average Bonchev–Trinajstić information content (AvgIpc) is 2.45. The van der Waals surface area contributed by atoms with Crippen LogP contribution in [0.15, 0.2) is 11.8 Å². The molecular weight excluding hydrogens is 312 g/mol. The molecule has 6 N–H and O–H groups in total. The van der Waals surface area contributed by atoms with Crippen molar-refractivity contribution in [3.05, 3.63) is 11.8 Å². The smallest absolute Gasteiger partial charge is 0.405 e. The van der Waals surface area contributed by atoms with Gasteiger partial charge in [0.25, 0.3) is 0 Å². The van der Waals surface area contributed by atoms with E-state index in [1.54, 1.807) is 6.92 Å². The Morgan fingerprint density at radius 2 is 2.09 bits per heavy atom. The fourth-order valence-electron chi connectivity index (χ4n) is 2.34. The second kappa shape index (κ2) is 7.79. The molecule has 0 spiro atoms. The maximum atomic E-state index is 11.4. The number of hydrogen-bond acceptors (Lipinski definition) is 7. The Kier molecular flexibility index (Phi) is 6.34. The summed E-state index contributed by atoms with van der Waals surface area (Å²) in [7, 11) is 0. The normalized spacial score (nSPS) is 26.3. The Bertz CT molecular complexity index is 506. The van der Waals surface area contributed by atoms with Gasteiger partial charge in [-0.3, -0.25) is 4.79 Å². The molecule has 1 heterocycles. The summed E-state index contributed by atoms with van der Waals surface area (Å²) in [6.45, 7) is 2.07. The first-order valence-electron chi connectivity index (χ1n) is 6.81. The lowest BCUT2D eigenvalue weighted by Gasteiger charge is -2.39. The van der Waals surface area contributed by atoms with Crippen molar-refractivity contribution in [2.24, 2.45) is 11.7 Å². The number of amides is 2. The van der Waals surface area contributed by atoms with Gasteiger partial charge in [0.2, 0.25) is 11.7 Å². The molecule has 10 nitrogen and oxygen atoms in total. The van der Waals surface area contributed by atoms with Gasteiger partial charge in [-0.1, -0.05) is 6.92 Å². The van der Waals surface area contributed by atoms with Crippen molar-refractivity contribution in [1.29, 1.82) is 0 Å². The second-order valence-corrected chi connectivity index (χ2v) is 5.16. The van der Waals surface area contributed by atoms with Crippen LogP contribution in [-0.4, -0.2) is 64.2 Å². The summed E-state index contributed by atoms with van der Waals surface area (Å²) in [5.41, 5.74) is 4.94. The number of carboxylic acid groups (broad SMARTS) is 1. The summed E-state index contributed by atoms with van der Waals surface area (Å²) in [6.07, 6.45) is -4.26. The molecule has 0 saturated carbocycles. The minimum Gasteiger partial charge on any atom is -0.477 e. The van der Waals surface area contributed by atoms with Crippen LogP contribution >= 0.6 is 0 Å². The highest BCUT2D eigenvalue weighted by molar-refractivity contribution is 5.84. The summed E-state index contributed by atoms with van der Waals surface area (Å²) in [5.74, 6) is -2.72. The number of carboxylic acids is 1. The number of aliphatic hydroxyl groups is 2. The molecule has 0 aromatic heterocycles. The fourth-order valence-corrected chi connectivity index (χ4v) is 2.34. The summed E-state index contributed by atoms with van der Waals surface area (Å²) in [6, 6.07) is -0.804. The molecule has 0 bridgehead atoms. The van der Waals surface area contributed by atoms with Crippen LogP contribution in [0.2, 0.25) is 0 Å². The first kappa shape index (κ1) is 18.7. The van der Waals surface area contributed by atoms with E-state index in [-0.39, 0.29) is 0 Å². The number of aliphatic carboxylic acids is 1. The van der Waals surface area contributed by atoms with Crippen LogP contribution in [0.1, 0.15) is 13.8 Å². The lowest BCUT2D eigenvalue weighted by Crippen LogP contribution is -2.59. The third kappa shape index (κ3) is 4.83. The predicted octanol–water partition coefficient (Wildman–Crippen LogP) is -1.69. The topological polar surface area (TPSA) is 168 Å². The molecule has 130 valence electrons. The summed E-state index contributed by atoms with van der Waals surface area (Å²) in [5, 5.41) is 30.6. The monoisotopic (exact) mass is 332 g/mol. The third-order valence-electron chi connectivity index (χ3n) is 3.32. The zero-order valence-corrected chi connectivity index (χ0v) is 12.6. The maximum absolute atomic E-state index is 11.4. The predicted molar refractivity (Wildman–Crippen MR) is 74.9 cm³/mol. The highest BCUT2D eigenvalue weighted by Crippen LogP contribution is 2.27. The van der Waals surface area contributed by atoms with Gasteiger partial charge in [-0.15, -0.1) is 0 Å². The Balaban J connectivity index is 3.20. The van der Waals surface area contributed by atoms with Crippen molar-refractivity contribution in [1.82, 2.24) is 5.32 Å². The van der Waals surface area contributed by atoms with Crippen LogP contribution in [0.4, 0.5) is 4.79 Å². The molecule has 1 aliphatic rings. The molecule has 23 heavy (non-hydrogen) atoms. The van der Waals surface area contributed by atoms with Crippen molar-refractivity contribution >= 4 is 18.0 Å². The molecule has 5 atom stereocenters. The van der Waals surface area contributed by atoms with Crippen molar-refractivity contribution in [2.75, 3.05) is 6.61 Å². The van der Waals surface area contributed by atoms with Gasteiger partial charge in [0.15, 0.2) is 12.2 Å². The van der Waals surface area contributed by atoms with E-state index < -0.39 is 60.6 Å². The van der Waals surface area contributed by atoms with Crippen LogP contribution in [-0.2, 0) is 19.1 Å². The molecule has 0 radical (unpaired) electrons. The number of rotatable bonds is 6. The van der Waals surface area contributed by atoms with Gasteiger partial charge < -0.3 is 35.8 Å². The van der Waals surface area contributed by atoms with Crippen LogP contribution in [0.5, 0.6) is 0 Å². The average molecular weight is 332 g/mol. The number of primary amides is 1. The van der Waals surface area contributed by atoms with Gasteiger partial charge in [0, 0.05) is 12.8 Å². The molecule has 1 aliphatic heterocycles. The first-order valence-corrected chi connectivity index (χ1v) is 6.81. The minimum atomic E-state index is -1.58. The molecule has 2 amide bonds. The van der Waals surface area contributed by atoms with E-state index in [9.17, 15) is 19.5 Å². The van der Waals surface area contributed by atoms with E-state index in [1.165, 1.54) is 13.0 Å². The Hall–Kier alpha value is -2.33. The molecule has 0 aromatic carbocycles. The summed E-state index contributed by atoms with van der Waals surface area (Å²) >= 11 is 0. The van der Waals surface area contributed by atoms with Gasteiger partial charge in [0.05, 0.1) is 12.6 Å². The number of carbonyl (C=O) groups is 3. The Morgan fingerprint density at radius 1 is 1.48 bits per heavy atom. The van der Waals surface area contributed by atoms with Crippen LogP contribution < -0.4 is 11.1 Å². The quantitative estimate of drug-likeness (QED) is 0.384. The van der Waals surface area contributed by atoms with Gasteiger partial charge in [0.1, 0.15) is 6.10 Å². The molecule has 0 aromatic rings. The van der Waals surface area contributed by atoms with Gasteiger partial charge in [-0.2, -0.15) is 0 Å². The number of ether oxygens (including phenoxy) is 2. The summed E-state index contributed by atoms with van der Waals surface area (Å²) in [4.78, 5) is 33.5. The number of hydrogen-bond donors (Lipinski definition) is 5. The molecule has 10 heteroatoms. The van der Waals surface area contributed by atoms with Crippen molar-refractivity contribution in [3.63, 3.8) is 0 Å². The van der Waals surface area contributed by atoms with E-state index in [2.05, 4.69) is 5.32 Å². The lowest BCUT2D eigenvalue weighted by atomic mass is 9.88. The maximum Gasteiger partial charge on any atom is 0.405 e. The van der Waals surface area contributed by atoms with Gasteiger partial charge in [-0.05, 0) is 6.08 Å². The van der Waals surface area contributed by atoms with Crippen molar-refractivity contribution in [3.8, 4) is 0 Å². The Labute approximate surface area is 131 Å². The van der Waals surface area contributed by atoms with E-state index in [4.69, 9.17) is 25.4 Å².